The third-order valence-electron chi connectivity index (χ3n) is 6.51. The number of fused-ring (bicyclic) bond motifs is 6. The standard InChI is InChI=1S/C28H18ClN3O2/c1-15-5-4-8-22-25(15)20-12-10-17(14-24(20)34-22)27-30-26(31-28(29)32-27)16-9-11-19-18-6-2-3-7-21(18)33-23(19)13-16/h2-4,6-15H,5H2,1H3. The number of aromatic nitrogens is 3. The molecule has 3 heterocycles. The molecule has 0 aliphatic heterocycles. The van der Waals surface area contributed by atoms with Crippen LogP contribution in [-0.2, 0) is 0 Å². The summed E-state index contributed by atoms with van der Waals surface area (Å²) in [5.74, 6) is 2.35. The molecular formula is C28H18ClN3O2. The van der Waals surface area contributed by atoms with Gasteiger partial charge >= 0.3 is 0 Å². The molecule has 1 aliphatic rings. The summed E-state index contributed by atoms with van der Waals surface area (Å²) in [5.41, 5.74) is 5.35. The molecule has 0 bridgehead atoms. The zero-order valence-corrected chi connectivity index (χ0v) is 19.0. The normalized spacial score (nSPS) is 15.4. The van der Waals surface area contributed by atoms with Crippen molar-refractivity contribution in [3.05, 3.63) is 83.3 Å². The van der Waals surface area contributed by atoms with Gasteiger partial charge in [-0.3, -0.25) is 0 Å². The smallest absolute Gasteiger partial charge is 0.226 e. The highest BCUT2D eigenvalue weighted by molar-refractivity contribution is 6.28. The summed E-state index contributed by atoms with van der Waals surface area (Å²) in [6.07, 6.45) is 5.24. The van der Waals surface area contributed by atoms with Crippen molar-refractivity contribution in [1.82, 2.24) is 15.0 Å². The zero-order chi connectivity index (χ0) is 22.8. The summed E-state index contributed by atoms with van der Waals surface area (Å²) < 4.78 is 12.2. The lowest BCUT2D eigenvalue weighted by Crippen LogP contribution is -1.98. The van der Waals surface area contributed by atoms with Crippen molar-refractivity contribution in [2.75, 3.05) is 0 Å². The first-order chi connectivity index (χ1) is 16.6. The van der Waals surface area contributed by atoms with Crippen molar-refractivity contribution in [2.45, 2.75) is 19.3 Å². The van der Waals surface area contributed by atoms with Gasteiger partial charge in [-0.05, 0) is 54.3 Å². The lowest BCUT2D eigenvalue weighted by atomic mass is 9.91. The van der Waals surface area contributed by atoms with Crippen molar-refractivity contribution in [3.63, 3.8) is 0 Å². The van der Waals surface area contributed by atoms with E-state index in [0.29, 0.717) is 17.6 Å². The van der Waals surface area contributed by atoms with Gasteiger partial charge in [-0.1, -0.05) is 49.4 Å². The van der Waals surface area contributed by atoms with Crippen LogP contribution in [0.4, 0.5) is 0 Å². The Balaban J connectivity index is 1.34. The lowest BCUT2D eigenvalue weighted by molar-refractivity contribution is 0.586. The predicted molar refractivity (Wildman–Crippen MR) is 135 cm³/mol. The molecule has 0 spiro atoms. The number of para-hydroxylation sites is 1. The van der Waals surface area contributed by atoms with Crippen LogP contribution in [0.2, 0.25) is 5.28 Å². The van der Waals surface area contributed by atoms with Crippen LogP contribution in [0.25, 0.3) is 61.8 Å². The van der Waals surface area contributed by atoms with E-state index in [0.717, 1.165) is 56.2 Å². The van der Waals surface area contributed by atoms with E-state index in [9.17, 15) is 0 Å². The van der Waals surface area contributed by atoms with Gasteiger partial charge in [0.25, 0.3) is 0 Å². The first-order valence-corrected chi connectivity index (χ1v) is 11.6. The maximum absolute atomic E-state index is 6.33. The molecule has 6 aromatic rings. The minimum Gasteiger partial charge on any atom is -0.456 e. The monoisotopic (exact) mass is 463 g/mol. The Morgan fingerprint density at radius 1 is 0.765 bits per heavy atom. The van der Waals surface area contributed by atoms with Crippen LogP contribution in [0.5, 0.6) is 0 Å². The average molecular weight is 464 g/mol. The van der Waals surface area contributed by atoms with E-state index in [-0.39, 0.29) is 5.28 Å². The third kappa shape index (κ3) is 2.97. The first-order valence-electron chi connectivity index (χ1n) is 11.2. The van der Waals surface area contributed by atoms with Crippen molar-refractivity contribution in [2.24, 2.45) is 0 Å². The fourth-order valence-corrected chi connectivity index (χ4v) is 5.04. The second-order valence-corrected chi connectivity index (χ2v) is 9.03. The molecule has 0 saturated carbocycles. The van der Waals surface area contributed by atoms with E-state index >= 15 is 0 Å². The third-order valence-corrected chi connectivity index (χ3v) is 6.68. The first kappa shape index (κ1) is 19.5. The molecule has 164 valence electrons. The van der Waals surface area contributed by atoms with Gasteiger partial charge in [0.05, 0.1) is 0 Å². The van der Waals surface area contributed by atoms with Gasteiger partial charge in [0.1, 0.15) is 22.5 Å². The molecule has 34 heavy (non-hydrogen) atoms. The minimum atomic E-state index is 0.139. The molecule has 0 saturated heterocycles. The molecule has 1 atom stereocenters. The molecule has 6 heteroatoms. The number of nitrogens with zero attached hydrogens (tertiary/aromatic N) is 3. The summed E-state index contributed by atoms with van der Waals surface area (Å²) >= 11 is 6.33. The molecule has 0 radical (unpaired) electrons. The van der Waals surface area contributed by atoms with Crippen molar-refractivity contribution >= 4 is 50.6 Å². The highest BCUT2D eigenvalue weighted by Gasteiger charge is 2.21. The Labute approximate surface area is 199 Å². The second kappa shape index (κ2) is 7.27. The quantitative estimate of drug-likeness (QED) is 0.260. The van der Waals surface area contributed by atoms with Crippen LogP contribution in [0.1, 0.15) is 30.6 Å². The van der Waals surface area contributed by atoms with Gasteiger partial charge in [-0.25, -0.2) is 4.98 Å². The van der Waals surface area contributed by atoms with Crippen LogP contribution < -0.4 is 0 Å². The van der Waals surface area contributed by atoms with Crippen LogP contribution in [0.3, 0.4) is 0 Å². The predicted octanol–water partition coefficient (Wildman–Crippen LogP) is 8.03. The van der Waals surface area contributed by atoms with E-state index in [4.69, 9.17) is 25.4 Å². The number of rotatable bonds is 2. The molecule has 0 fully saturated rings. The van der Waals surface area contributed by atoms with Gasteiger partial charge in [0.2, 0.25) is 5.28 Å². The summed E-state index contributed by atoms with van der Waals surface area (Å²) in [7, 11) is 0. The minimum absolute atomic E-state index is 0.139. The van der Waals surface area contributed by atoms with E-state index in [1.54, 1.807) is 0 Å². The van der Waals surface area contributed by atoms with Crippen LogP contribution in [0.15, 0.2) is 75.6 Å². The van der Waals surface area contributed by atoms with E-state index < -0.39 is 0 Å². The largest absolute Gasteiger partial charge is 0.456 e. The molecule has 0 amide bonds. The maximum atomic E-state index is 6.33. The molecule has 1 aliphatic carbocycles. The number of hydrogen-bond donors (Lipinski definition) is 0. The topological polar surface area (TPSA) is 65.0 Å². The molecule has 7 rings (SSSR count). The van der Waals surface area contributed by atoms with Gasteiger partial charge in [-0.2, -0.15) is 9.97 Å². The summed E-state index contributed by atoms with van der Waals surface area (Å²) in [4.78, 5) is 13.5. The molecule has 3 aromatic carbocycles. The Morgan fingerprint density at radius 3 is 2.24 bits per heavy atom. The van der Waals surface area contributed by atoms with Crippen molar-refractivity contribution < 1.29 is 8.83 Å². The molecule has 0 N–H and O–H groups in total. The Morgan fingerprint density at radius 2 is 1.44 bits per heavy atom. The highest BCUT2D eigenvalue weighted by atomic mass is 35.5. The second-order valence-electron chi connectivity index (χ2n) is 8.69. The molecular weight excluding hydrogens is 446 g/mol. The van der Waals surface area contributed by atoms with E-state index in [1.165, 1.54) is 5.56 Å². The lowest BCUT2D eigenvalue weighted by Gasteiger charge is -2.12. The number of hydrogen-bond acceptors (Lipinski definition) is 5. The van der Waals surface area contributed by atoms with Gasteiger partial charge in [0, 0.05) is 32.8 Å². The number of allylic oxidation sites excluding steroid dienone is 1. The van der Waals surface area contributed by atoms with E-state index in [1.807, 2.05) is 48.5 Å². The van der Waals surface area contributed by atoms with Gasteiger partial charge < -0.3 is 8.83 Å². The zero-order valence-electron chi connectivity index (χ0n) is 18.2. The summed E-state index contributed by atoms with van der Waals surface area (Å²) in [6.45, 7) is 2.22. The molecule has 1 unspecified atom stereocenters. The molecule has 5 nitrogen and oxygen atoms in total. The van der Waals surface area contributed by atoms with Crippen molar-refractivity contribution in [1.29, 1.82) is 0 Å². The SMILES string of the molecule is CC1CC=Cc2oc3cc(-c4nc(Cl)nc(-c5ccc6c(c5)oc5ccccc56)n4)ccc3c21. The average Bonchev–Trinajstić information content (AvgIpc) is 3.41. The highest BCUT2D eigenvalue weighted by Crippen LogP contribution is 2.39. The number of furan rings is 2. The number of benzene rings is 3. The fraction of sp³-hybridized carbons (Fsp3) is 0.107. The van der Waals surface area contributed by atoms with Gasteiger partial charge in [-0.15, -0.1) is 0 Å². The van der Waals surface area contributed by atoms with Crippen LogP contribution >= 0.6 is 11.6 Å². The Kier molecular flexibility index (Phi) is 4.17. The van der Waals surface area contributed by atoms with Crippen LogP contribution in [0, 0.1) is 0 Å². The molecule has 3 aromatic heterocycles. The fourth-order valence-electron chi connectivity index (χ4n) is 4.88. The van der Waals surface area contributed by atoms with Gasteiger partial charge in [0.15, 0.2) is 11.6 Å². The van der Waals surface area contributed by atoms with E-state index in [2.05, 4.69) is 41.2 Å². The Hall–Kier alpha value is -3.96. The van der Waals surface area contributed by atoms with Crippen molar-refractivity contribution in [3.8, 4) is 22.8 Å². The Bertz CT molecular complexity index is 1780. The van der Waals surface area contributed by atoms with Crippen LogP contribution in [-0.4, -0.2) is 15.0 Å². The number of halogens is 1. The summed E-state index contributed by atoms with van der Waals surface area (Å²) in [5, 5.41) is 3.40. The maximum Gasteiger partial charge on any atom is 0.226 e. The summed E-state index contributed by atoms with van der Waals surface area (Å²) in [6, 6.07) is 20.0.